The van der Waals surface area contributed by atoms with E-state index in [0.29, 0.717) is 0 Å². The van der Waals surface area contributed by atoms with Crippen molar-refractivity contribution in [3.8, 4) is 5.69 Å². The number of aliphatic hydroxyl groups is 1. The molecule has 1 unspecified atom stereocenters. The van der Waals surface area contributed by atoms with Crippen LogP contribution in [0.15, 0.2) is 46.8 Å². The molecule has 0 bridgehead atoms. The molecule has 1 aliphatic heterocycles. The number of aliphatic hydroxyl groups excluding tert-OH is 1. The number of para-hydroxylation sites is 2. The van der Waals surface area contributed by atoms with Crippen molar-refractivity contribution < 1.29 is 5.11 Å². The molecule has 1 N–H and O–H groups in total. The normalized spacial score (nSPS) is 15.2. The van der Waals surface area contributed by atoms with Crippen molar-refractivity contribution >= 4 is 22.5 Å². The van der Waals surface area contributed by atoms with Crippen molar-refractivity contribution in [3.05, 3.63) is 36.8 Å². The number of aliphatic imine (C=N–C) groups is 1. The van der Waals surface area contributed by atoms with E-state index in [1.165, 1.54) is 0 Å². The van der Waals surface area contributed by atoms with Gasteiger partial charge in [-0.3, -0.25) is 4.57 Å². The van der Waals surface area contributed by atoms with Crippen LogP contribution in [0.2, 0.25) is 0 Å². The van der Waals surface area contributed by atoms with Crippen molar-refractivity contribution in [1.82, 2.24) is 9.55 Å². The molecule has 98 valence electrons. The van der Waals surface area contributed by atoms with E-state index in [2.05, 4.69) is 9.55 Å². The van der Waals surface area contributed by atoms with Gasteiger partial charge >= 0.3 is 0 Å². The maximum absolute atomic E-state index is 9.42. The predicted molar refractivity (Wildman–Crippen MR) is 77.4 cm³/mol. The average molecular weight is 273 g/mol. The van der Waals surface area contributed by atoms with Crippen molar-refractivity contribution in [3.63, 3.8) is 0 Å². The fourth-order valence-electron chi connectivity index (χ4n) is 2.02. The largest absolute Gasteiger partial charge is 0.393 e. The van der Waals surface area contributed by atoms with Crippen LogP contribution in [0.4, 0.5) is 5.69 Å². The molecule has 0 saturated heterocycles. The zero-order chi connectivity index (χ0) is 13.2. The number of hydrogen-bond donors (Lipinski definition) is 1. The Kier molecular flexibility index (Phi) is 3.40. The summed E-state index contributed by atoms with van der Waals surface area (Å²) >= 11 is 1.62. The molecular formula is C14H15N3OS. The maximum Gasteiger partial charge on any atom is 0.105 e. The summed E-state index contributed by atoms with van der Waals surface area (Å²) in [5.74, 6) is 0. The second-order valence-electron chi connectivity index (χ2n) is 4.59. The molecule has 0 radical (unpaired) electrons. The molecule has 5 heteroatoms. The standard InChI is InChI=1S/C14H15N3OS/c1-10(18)6-7-13-16-11-4-2-3-5-12(11)17-9-15-8-14(17)19-13/h2-5,8-10,18H,6-7H2,1H3. The maximum atomic E-state index is 9.42. The van der Waals surface area contributed by atoms with Gasteiger partial charge in [0.2, 0.25) is 0 Å². The lowest BCUT2D eigenvalue weighted by molar-refractivity contribution is 0.187. The monoisotopic (exact) mass is 273 g/mol. The zero-order valence-corrected chi connectivity index (χ0v) is 11.5. The lowest BCUT2D eigenvalue weighted by Gasteiger charge is -2.05. The SMILES string of the molecule is CC(O)CCC1=Nc2ccccc2-n2cncc2S1. The Morgan fingerprint density at radius 2 is 2.21 bits per heavy atom. The molecule has 3 rings (SSSR count). The number of hydrogen-bond acceptors (Lipinski definition) is 4. The Labute approximate surface area is 116 Å². The van der Waals surface area contributed by atoms with Crippen molar-refractivity contribution in [2.45, 2.75) is 30.9 Å². The van der Waals surface area contributed by atoms with Crippen LogP contribution in [-0.2, 0) is 0 Å². The van der Waals surface area contributed by atoms with Gasteiger partial charge in [-0.25, -0.2) is 9.98 Å². The Bertz CT molecular complexity index is 619. The minimum Gasteiger partial charge on any atom is -0.393 e. The quantitative estimate of drug-likeness (QED) is 0.934. The second-order valence-corrected chi connectivity index (χ2v) is 5.68. The third-order valence-corrected chi connectivity index (χ3v) is 4.03. The topological polar surface area (TPSA) is 50.4 Å². The van der Waals surface area contributed by atoms with E-state index in [1.807, 2.05) is 36.8 Å². The van der Waals surface area contributed by atoms with Crippen LogP contribution in [0.25, 0.3) is 5.69 Å². The van der Waals surface area contributed by atoms with Gasteiger partial charge in [-0.1, -0.05) is 23.9 Å². The van der Waals surface area contributed by atoms with E-state index >= 15 is 0 Å². The molecule has 0 spiro atoms. The van der Waals surface area contributed by atoms with Gasteiger partial charge in [0, 0.05) is 0 Å². The van der Waals surface area contributed by atoms with Gasteiger partial charge in [0.05, 0.1) is 28.7 Å². The van der Waals surface area contributed by atoms with E-state index in [1.54, 1.807) is 18.7 Å². The first kappa shape index (κ1) is 12.4. The average Bonchev–Trinajstić information content (AvgIpc) is 2.79. The summed E-state index contributed by atoms with van der Waals surface area (Å²) in [7, 11) is 0. The van der Waals surface area contributed by atoms with Crippen LogP contribution in [-0.4, -0.2) is 25.8 Å². The summed E-state index contributed by atoms with van der Waals surface area (Å²) in [6.07, 6.45) is 4.87. The van der Waals surface area contributed by atoms with Crippen LogP contribution >= 0.6 is 11.8 Å². The van der Waals surface area contributed by atoms with Crippen LogP contribution in [0, 0.1) is 0 Å². The van der Waals surface area contributed by atoms with E-state index in [0.717, 1.165) is 34.3 Å². The van der Waals surface area contributed by atoms with Gasteiger partial charge in [0.25, 0.3) is 0 Å². The number of fused-ring (bicyclic) bond motifs is 3. The first-order chi connectivity index (χ1) is 9.24. The van der Waals surface area contributed by atoms with Crippen molar-refractivity contribution in [1.29, 1.82) is 0 Å². The van der Waals surface area contributed by atoms with Gasteiger partial charge in [-0.05, 0) is 31.9 Å². The summed E-state index contributed by atoms with van der Waals surface area (Å²) in [6.45, 7) is 1.81. The Morgan fingerprint density at radius 1 is 1.37 bits per heavy atom. The second kappa shape index (κ2) is 5.19. The van der Waals surface area contributed by atoms with Crippen LogP contribution < -0.4 is 0 Å². The minimum atomic E-state index is -0.299. The molecule has 1 aromatic heterocycles. The van der Waals surface area contributed by atoms with Gasteiger partial charge in [-0.15, -0.1) is 0 Å². The lowest BCUT2D eigenvalue weighted by Crippen LogP contribution is -2.03. The summed E-state index contributed by atoms with van der Waals surface area (Å²) < 4.78 is 2.05. The number of benzene rings is 1. The Hall–Kier alpha value is -1.59. The fraction of sp³-hybridized carbons (Fsp3) is 0.286. The first-order valence-electron chi connectivity index (χ1n) is 6.29. The van der Waals surface area contributed by atoms with E-state index in [9.17, 15) is 5.11 Å². The molecule has 2 aromatic rings. The van der Waals surface area contributed by atoms with E-state index in [-0.39, 0.29) is 6.10 Å². The number of nitrogens with zero attached hydrogens (tertiary/aromatic N) is 3. The Morgan fingerprint density at radius 3 is 3.05 bits per heavy atom. The van der Waals surface area contributed by atoms with Gasteiger partial charge < -0.3 is 5.11 Å². The van der Waals surface area contributed by atoms with Crippen molar-refractivity contribution in [2.24, 2.45) is 4.99 Å². The summed E-state index contributed by atoms with van der Waals surface area (Å²) in [5, 5.41) is 11.5. The molecule has 2 heterocycles. The molecule has 1 aliphatic rings. The van der Waals surface area contributed by atoms with Crippen LogP contribution in [0.1, 0.15) is 19.8 Å². The predicted octanol–water partition coefficient (Wildman–Crippen LogP) is 3.17. The molecule has 19 heavy (non-hydrogen) atoms. The van der Waals surface area contributed by atoms with E-state index in [4.69, 9.17) is 4.99 Å². The van der Waals surface area contributed by atoms with Gasteiger partial charge in [0.1, 0.15) is 11.4 Å². The molecular weight excluding hydrogens is 258 g/mol. The van der Waals surface area contributed by atoms with Gasteiger partial charge in [-0.2, -0.15) is 0 Å². The van der Waals surface area contributed by atoms with Crippen molar-refractivity contribution in [2.75, 3.05) is 0 Å². The number of aromatic nitrogens is 2. The highest BCUT2D eigenvalue weighted by Crippen LogP contribution is 2.35. The zero-order valence-electron chi connectivity index (χ0n) is 10.7. The first-order valence-corrected chi connectivity index (χ1v) is 7.11. The molecule has 0 amide bonds. The highest BCUT2D eigenvalue weighted by Gasteiger charge is 2.16. The molecule has 1 atom stereocenters. The number of thioether (sulfide) groups is 1. The third-order valence-electron chi connectivity index (χ3n) is 2.99. The molecule has 4 nitrogen and oxygen atoms in total. The fourth-order valence-corrected chi connectivity index (χ4v) is 2.98. The van der Waals surface area contributed by atoms with Crippen LogP contribution in [0.3, 0.4) is 0 Å². The van der Waals surface area contributed by atoms with Crippen LogP contribution in [0.5, 0.6) is 0 Å². The Balaban J connectivity index is 2.01. The van der Waals surface area contributed by atoms with Gasteiger partial charge in [0.15, 0.2) is 0 Å². The summed E-state index contributed by atoms with van der Waals surface area (Å²) in [4.78, 5) is 8.93. The number of imidazole rings is 1. The lowest BCUT2D eigenvalue weighted by atomic mass is 10.2. The smallest absolute Gasteiger partial charge is 0.105 e. The minimum absolute atomic E-state index is 0.299. The molecule has 1 aromatic carbocycles. The van der Waals surface area contributed by atoms with E-state index < -0.39 is 0 Å². The number of rotatable bonds is 3. The highest BCUT2D eigenvalue weighted by molar-refractivity contribution is 8.13. The third kappa shape index (κ3) is 2.57. The highest BCUT2D eigenvalue weighted by atomic mass is 32.2. The molecule has 0 saturated carbocycles. The summed E-state index contributed by atoms with van der Waals surface area (Å²) in [5.41, 5.74) is 2.00. The molecule has 0 aliphatic carbocycles. The summed E-state index contributed by atoms with van der Waals surface area (Å²) in [6, 6.07) is 8.04. The molecule has 0 fully saturated rings.